The van der Waals surface area contributed by atoms with Crippen molar-refractivity contribution in [3.63, 3.8) is 0 Å². The van der Waals surface area contributed by atoms with E-state index >= 15 is 0 Å². The molecule has 1 aromatic carbocycles. The van der Waals surface area contributed by atoms with Crippen LogP contribution < -0.4 is 15.1 Å². The Bertz CT molecular complexity index is 1560. The zero-order valence-corrected chi connectivity index (χ0v) is 27.6. The number of hydrogen-bond acceptors (Lipinski definition) is 9. The van der Waals surface area contributed by atoms with Gasteiger partial charge in [0.05, 0.1) is 12.2 Å². The van der Waals surface area contributed by atoms with Crippen LogP contribution in [0.3, 0.4) is 0 Å². The lowest BCUT2D eigenvalue weighted by Gasteiger charge is -2.53. The van der Waals surface area contributed by atoms with Gasteiger partial charge in [0, 0.05) is 82.1 Å². The standard InChI is InChI=1S/C34H44F3N9O2/c1-23-19-39-46(27-8-11-38-20-27)31(23)26-9-12-43(13-10-26)29-18-30(41-32(40-29)34(35,36)37)45-21-28(24(45)2)42-14-16-44(17-15-42)33(47)48-22-25-6-4-3-5-7-25/h3-7,18-19,24,26-28,38H,8-17,20-22H2,1-2H3/t24-,27?,28?/m1/s1. The number of benzene rings is 1. The quantitative estimate of drug-likeness (QED) is 0.392. The van der Waals surface area contributed by atoms with Gasteiger partial charge in [0.2, 0.25) is 5.82 Å². The van der Waals surface area contributed by atoms with Crippen LogP contribution in [0.5, 0.6) is 0 Å². The van der Waals surface area contributed by atoms with Gasteiger partial charge in [-0.2, -0.15) is 18.3 Å². The van der Waals surface area contributed by atoms with Crippen LogP contribution in [0.15, 0.2) is 42.6 Å². The molecule has 0 saturated carbocycles. The Kier molecular flexibility index (Phi) is 9.20. The molecule has 0 bridgehead atoms. The van der Waals surface area contributed by atoms with Gasteiger partial charge in [0.1, 0.15) is 18.2 Å². The highest BCUT2D eigenvalue weighted by molar-refractivity contribution is 5.67. The number of ether oxygens (including phenoxy) is 1. The molecular weight excluding hydrogens is 623 g/mol. The molecule has 7 rings (SSSR count). The van der Waals surface area contributed by atoms with Gasteiger partial charge in [-0.1, -0.05) is 30.3 Å². The van der Waals surface area contributed by atoms with Crippen molar-refractivity contribution < 1.29 is 22.7 Å². The average molecular weight is 668 g/mol. The normalized spacial score (nSPS) is 24.2. The number of hydrogen-bond donors (Lipinski definition) is 1. The SMILES string of the molecule is Cc1cnn(C2CCNC2)c1C1CCN(c2cc(N3CC(N4CCN(C(=O)OCc5ccccc5)CC4)[C@H]3C)nc(C(F)(F)F)n2)CC1. The second-order valence-electron chi connectivity index (χ2n) is 13.5. The van der Waals surface area contributed by atoms with Crippen molar-refractivity contribution in [3.8, 4) is 0 Å². The molecule has 3 aromatic rings. The van der Waals surface area contributed by atoms with Crippen LogP contribution in [0, 0.1) is 6.92 Å². The topological polar surface area (TPSA) is 94.9 Å². The maximum atomic E-state index is 14.1. The summed E-state index contributed by atoms with van der Waals surface area (Å²) >= 11 is 0. The van der Waals surface area contributed by atoms with Gasteiger partial charge in [-0.05, 0) is 50.8 Å². The van der Waals surface area contributed by atoms with Gasteiger partial charge in [0.25, 0.3) is 0 Å². The van der Waals surface area contributed by atoms with E-state index in [2.05, 4.69) is 31.8 Å². The average Bonchev–Trinajstić information content (AvgIpc) is 3.77. The van der Waals surface area contributed by atoms with E-state index in [-0.39, 0.29) is 24.8 Å². The van der Waals surface area contributed by atoms with E-state index < -0.39 is 12.0 Å². The lowest BCUT2D eigenvalue weighted by molar-refractivity contribution is -0.144. The molecule has 0 spiro atoms. The van der Waals surface area contributed by atoms with Crippen molar-refractivity contribution in [3.05, 3.63) is 65.2 Å². The third-order valence-electron chi connectivity index (χ3n) is 10.5. The molecule has 3 atom stereocenters. The summed E-state index contributed by atoms with van der Waals surface area (Å²) < 4.78 is 49.9. The van der Waals surface area contributed by atoms with Crippen LogP contribution >= 0.6 is 0 Å². The van der Waals surface area contributed by atoms with E-state index in [0.29, 0.717) is 69.4 Å². The van der Waals surface area contributed by atoms with Crippen molar-refractivity contribution in [1.82, 2.24) is 34.9 Å². The number of piperazine rings is 1. The highest BCUT2D eigenvalue weighted by atomic mass is 19.4. The van der Waals surface area contributed by atoms with E-state index in [0.717, 1.165) is 37.9 Å². The molecule has 6 heterocycles. The number of alkyl halides is 3. The zero-order chi connectivity index (χ0) is 33.4. The second-order valence-corrected chi connectivity index (χ2v) is 13.5. The number of aryl methyl sites for hydroxylation is 1. The molecular formula is C34H44F3N9O2. The number of amides is 1. The van der Waals surface area contributed by atoms with E-state index in [1.807, 2.05) is 53.3 Å². The number of piperidine rings is 1. The first-order valence-corrected chi connectivity index (χ1v) is 17.1. The molecule has 2 aromatic heterocycles. The summed E-state index contributed by atoms with van der Waals surface area (Å²) in [5, 5.41) is 8.12. The lowest BCUT2D eigenvalue weighted by Crippen LogP contribution is -2.68. The van der Waals surface area contributed by atoms with Crippen molar-refractivity contribution >= 4 is 17.7 Å². The predicted octanol–water partition coefficient (Wildman–Crippen LogP) is 4.45. The van der Waals surface area contributed by atoms with Gasteiger partial charge in [-0.25, -0.2) is 14.8 Å². The van der Waals surface area contributed by atoms with Gasteiger partial charge < -0.3 is 24.8 Å². The largest absolute Gasteiger partial charge is 0.451 e. The van der Waals surface area contributed by atoms with Crippen molar-refractivity contribution in [2.75, 3.05) is 68.7 Å². The van der Waals surface area contributed by atoms with Crippen molar-refractivity contribution in [1.29, 1.82) is 0 Å². The minimum atomic E-state index is -4.65. The molecule has 4 aliphatic heterocycles. The fourth-order valence-electron chi connectivity index (χ4n) is 7.71. The zero-order valence-electron chi connectivity index (χ0n) is 27.6. The third-order valence-corrected chi connectivity index (χ3v) is 10.5. The molecule has 2 unspecified atom stereocenters. The number of anilines is 2. The number of aromatic nitrogens is 4. The maximum Gasteiger partial charge on any atom is 0.451 e. The number of halogens is 3. The molecule has 48 heavy (non-hydrogen) atoms. The molecule has 1 amide bonds. The second kappa shape index (κ2) is 13.5. The molecule has 258 valence electrons. The Hall–Kier alpha value is -3.91. The van der Waals surface area contributed by atoms with E-state index in [9.17, 15) is 18.0 Å². The Balaban J connectivity index is 0.972. The first-order chi connectivity index (χ1) is 23.2. The molecule has 0 radical (unpaired) electrons. The number of nitrogens with one attached hydrogen (secondary N) is 1. The highest BCUT2D eigenvalue weighted by Gasteiger charge is 2.43. The summed E-state index contributed by atoms with van der Waals surface area (Å²) in [6.45, 7) is 10.5. The van der Waals surface area contributed by atoms with Gasteiger partial charge >= 0.3 is 12.3 Å². The Morgan fingerprint density at radius 3 is 2.40 bits per heavy atom. The minimum Gasteiger partial charge on any atom is -0.445 e. The third kappa shape index (κ3) is 6.69. The number of carbonyl (C=O) groups excluding carboxylic acids is 1. The van der Waals surface area contributed by atoms with E-state index in [4.69, 9.17) is 9.84 Å². The van der Waals surface area contributed by atoms with E-state index in [1.165, 1.54) is 11.3 Å². The van der Waals surface area contributed by atoms with Crippen LogP contribution in [0.25, 0.3) is 0 Å². The molecule has 11 nitrogen and oxygen atoms in total. The molecule has 4 aliphatic rings. The number of carbonyl (C=O) groups is 1. The van der Waals surface area contributed by atoms with Crippen molar-refractivity contribution in [2.24, 2.45) is 0 Å². The van der Waals surface area contributed by atoms with Crippen LogP contribution in [0.1, 0.15) is 60.8 Å². The summed E-state index contributed by atoms with van der Waals surface area (Å²) in [5.74, 6) is -0.161. The lowest BCUT2D eigenvalue weighted by atomic mass is 9.91. The molecule has 0 aliphatic carbocycles. The number of nitrogens with zero attached hydrogens (tertiary/aromatic N) is 8. The van der Waals surface area contributed by atoms with Crippen molar-refractivity contribution in [2.45, 2.75) is 69.9 Å². The van der Waals surface area contributed by atoms with Gasteiger partial charge in [-0.15, -0.1) is 0 Å². The fraction of sp³-hybridized carbons (Fsp3) is 0.588. The Labute approximate surface area is 279 Å². The van der Waals surface area contributed by atoms with Gasteiger partial charge in [-0.3, -0.25) is 9.58 Å². The van der Waals surface area contributed by atoms with Crippen LogP contribution in [0.2, 0.25) is 0 Å². The molecule has 4 saturated heterocycles. The Morgan fingerprint density at radius 1 is 1.00 bits per heavy atom. The van der Waals surface area contributed by atoms with Crippen LogP contribution in [-0.4, -0.2) is 107 Å². The number of rotatable bonds is 7. The molecule has 1 N–H and O–H groups in total. The van der Waals surface area contributed by atoms with Crippen LogP contribution in [-0.2, 0) is 17.5 Å². The summed E-state index contributed by atoms with van der Waals surface area (Å²) in [6.07, 6.45) is -0.350. The predicted molar refractivity (Wildman–Crippen MR) is 175 cm³/mol. The smallest absolute Gasteiger partial charge is 0.445 e. The first-order valence-electron chi connectivity index (χ1n) is 17.1. The van der Waals surface area contributed by atoms with Gasteiger partial charge in [0.15, 0.2) is 0 Å². The fourth-order valence-corrected chi connectivity index (χ4v) is 7.71. The first kappa shape index (κ1) is 32.6. The summed E-state index contributed by atoms with van der Waals surface area (Å²) in [6, 6.07) is 11.8. The summed E-state index contributed by atoms with van der Waals surface area (Å²) in [5.41, 5.74) is 3.37. The maximum absolute atomic E-state index is 14.1. The summed E-state index contributed by atoms with van der Waals surface area (Å²) in [7, 11) is 0. The minimum absolute atomic E-state index is 0.0375. The summed E-state index contributed by atoms with van der Waals surface area (Å²) in [4.78, 5) is 28.6. The molecule has 14 heteroatoms. The molecule has 4 fully saturated rings. The Morgan fingerprint density at radius 2 is 1.73 bits per heavy atom. The highest BCUT2D eigenvalue weighted by Crippen LogP contribution is 2.38. The van der Waals surface area contributed by atoms with E-state index in [1.54, 1.807) is 11.0 Å². The monoisotopic (exact) mass is 667 g/mol. The van der Waals surface area contributed by atoms with Crippen LogP contribution in [0.4, 0.5) is 29.6 Å².